The van der Waals surface area contributed by atoms with E-state index in [0.717, 1.165) is 11.3 Å². The van der Waals surface area contributed by atoms with Crippen LogP contribution in [-0.4, -0.2) is 20.6 Å². The number of carbonyl (C=O) groups excluding carboxylic acids is 1. The van der Waals surface area contributed by atoms with E-state index in [1.807, 2.05) is 0 Å². The Morgan fingerprint density at radius 1 is 1.30 bits per heavy atom. The van der Waals surface area contributed by atoms with Crippen molar-refractivity contribution in [3.8, 4) is 5.75 Å². The number of benzene rings is 2. The maximum absolute atomic E-state index is 13.3. The Balaban J connectivity index is 1.81. The topological polar surface area (TPSA) is 84.2 Å². The Labute approximate surface area is 156 Å². The molecule has 0 radical (unpaired) electrons. The minimum Gasteiger partial charge on any atom is -0.506 e. The summed E-state index contributed by atoms with van der Waals surface area (Å²) in [5.41, 5.74) is 0.152. The third-order valence-corrected chi connectivity index (χ3v) is 5.19. The van der Waals surface area contributed by atoms with Gasteiger partial charge in [-0.25, -0.2) is 9.37 Å². The maximum atomic E-state index is 13.3. The monoisotopic (exact) mass is 383 g/mol. The zero-order valence-corrected chi connectivity index (χ0v) is 15.0. The Kier molecular flexibility index (Phi) is 4.12. The van der Waals surface area contributed by atoms with Crippen LogP contribution in [0.3, 0.4) is 0 Å². The van der Waals surface area contributed by atoms with E-state index in [-0.39, 0.29) is 16.4 Å². The summed E-state index contributed by atoms with van der Waals surface area (Å²) in [6.07, 6.45) is 0. The van der Waals surface area contributed by atoms with Gasteiger partial charge < -0.3 is 9.67 Å². The van der Waals surface area contributed by atoms with Crippen molar-refractivity contribution in [3.63, 3.8) is 0 Å². The summed E-state index contributed by atoms with van der Waals surface area (Å²) in [4.78, 5) is 29.7. The van der Waals surface area contributed by atoms with Crippen molar-refractivity contribution >= 4 is 43.5 Å². The summed E-state index contributed by atoms with van der Waals surface area (Å²) in [7, 11) is 0. The second-order valence-corrected chi connectivity index (χ2v) is 6.91. The van der Waals surface area contributed by atoms with Gasteiger partial charge in [-0.15, -0.1) is 0 Å². The van der Waals surface area contributed by atoms with E-state index >= 15 is 0 Å². The maximum Gasteiger partial charge on any atom is 0.267 e. The normalized spacial score (nSPS) is 11.2. The number of carbonyl (C=O) groups is 1. The SMILES string of the molecule is CCn1c(=O)c(C(=O)Nc2nc3ccc(F)cc3s2)c(O)c2ccccc21. The predicted molar refractivity (Wildman–Crippen MR) is 103 cm³/mol. The molecular formula is C19H14FN3O3S. The van der Waals surface area contributed by atoms with Crippen molar-refractivity contribution in [2.75, 3.05) is 5.32 Å². The van der Waals surface area contributed by atoms with Gasteiger partial charge >= 0.3 is 0 Å². The molecule has 4 aromatic rings. The highest BCUT2D eigenvalue weighted by Gasteiger charge is 2.22. The van der Waals surface area contributed by atoms with Crippen LogP contribution in [0.1, 0.15) is 17.3 Å². The lowest BCUT2D eigenvalue weighted by Gasteiger charge is -2.13. The Bertz CT molecular complexity index is 1260. The number of hydrogen-bond donors (Lipinski definition) is 2. The van der Waals surface area contributed by atoms with Gasteiger partial charge in [0.05, 0.1) is 15.7 Å². The number of hydrogen-bond acceptors (Lipinski definition) is 5. The van der Waals surface area contributed by atoms with E-state index in [2.05, 4.69) is 10.3 Å². The molecule has 0 aliphatic heterocycles. The number of para-hydroxylation sites is 1. The average molecular weight is 383 g/mol. The molecule has 4 rings (SSSR count). The van der Waals surface area contributed by atoms with Gasteiger partial charge in [-0.2, -0.15) is 0 Å². The van der Waals surface area contributed by atoms with Gasteiger partial charge in [0.15, 0.2) is 5.13 Å². The van der Waals surface area contributed by atoms with Crippen molar-refractivity contribution in [1.82, 2.24) is 9.55 Å². The van der Waals surface area contributed by atoms with Crippen molar-refractivity contribution in [1.29, 1.82) is 0 Å². The molecule has 0 fully saturated rings. The van der Waals surface area contributed by atoms with Gasteiger partial charge in [-0.3, -0.25) is 14.9 Å². The van der Waals surface area contributed by atoms with E-state index < -0.39 is 17.3 Å². The van der Waals surface area contributed by atoms with E-state index in [4.69, 9.17) is 0 Å². The minimum absolute atomic E-state index is 0.218. The number of amides is 1. The number of nitrogens with zero attached hydrogens (tertiary/aromatic N) is 2. The largest absolute Gasteiger partial charge is 0.506 e. The number of aromatic nitrogens is 2. The molecule has 0 saturated heterocycles. The molecule has 27 heavy (non-hydrogen) atoms. The molecule has 0 bridgehead atoms. The van der Waals surface area contributed by atoms with Crippen LogP contribution in [0.4, 0.5) is 9.52 Å². The second kappa shape index (κ2) is 6.48. The summed E-state index contributed by atoms with van der Waals surface area (Å²) in [6, 6.07) is 10.9. The van der Waals surface area contributed by atoms with Gasteiger partial charge in [0.25, 0.3) is 11.5 Å². The van der Waals surface area contributed by atoms with Gasteiger partial charge in [-0.1, -0.05) is 23.5 Å². The molecule has 136 valence electrons. The summed E-state index contributed by atoms with van der Waals surface area (Å²) in [5, 5.41) is 13.7. The van der Waals surface area contributed by atoms with E-state index in [0.29, 0.717) is 27.7 Å². The fourth-order valence-corrected chi connectivity index (χ4v) is 3.91. The van der Waals surface area contributed by atoms with Crippen LogP contribution >= 0.6 is 11.3 Å². The summed E-state index contributed by atoms with van der Waals surface area (Å²) in [6.45, 7) is 2.13. The highest BCUT2D eigenvalue weighted by molar-refractivity contribution is 7.22. The molecule has 0 aliphatic rings. The number of halogens is 1. The van der Waals surface area contributed by atoms with Crippen LogP contribution in [0.25, 0.3) is 21.1 Å². The van der Waals surface area contributed by atoms with Crippen LogP contribution in [0, 0.1) is 5.82 Å². The third kappa shape index (κ3) is 2.83. The third-order valence-electron chi connectivity index (χ3n) is 4.26. The molecule has 8 heteroatoms. The van der Waals surface area contributed by atoms with Crippen LogP contribution in [0.5, 0.6) is 5.75 Å². The molecule has 2 aromatic carbocycles. The number of anilines is 1. The van der Waals surface area contributed by atoms with Gasteiger partial charge in [0, 0.05) is 11.9 Å². The first-order valence-electron chi connectivity index (χ1n) is 8.21. The molecule has 0 atom stereocenters. The highest BCUT2D eigenvalue weighted by Crippen LogP contribution is 2.29. The van der Waals surface area contributed by atoms with E-state index in [1.165, 1.54) is 22.8 Å². The van der Waals surface area contributed by atoms with Crippen LogP contribution in [-0.2, 0) is 6.54 Å². The lowest BCUT2D eigenvalue weighted by atomic mass is 10.1. The molecule has 0 aliphatic carbocycles. The first kappa shape index (κ1) is 17.2. The van der Waals surface area contributed by atoms with Crippen molar-refractivity contribution in [2.24, 2.45) is 0 Å². The molecule has 0 saturated carbocycles. The van der Waals surface area contributed by atoms with E-state index in [1.54, 1.807) is 31.2 Å². The lowest BCUT2D eigenvalue weighted by Crippen LogP contribution is -2.29. The smallest absolute Gasteiger partial charge is 0.267 e. The van der Waals surface area contributed by atoms with Crippen LogP contribution in [0.2, 0.25) is 0 Å². The lowest BCUT2D eigenvalue weighted by molar-refractivity contribution is 0.102. The molecule has 0 unspecified atom stereocenters. The van der Waals surface area contributed by atoms with Crippen LogP contribution in [0.15, 0.2) is 47.3 Å². The van der Waals surface area contributed by atoms with E-state index in [9.17, 15) is 19.1 Å². The number of rotatable bonds is 3. The zero-order valence-electron chi connectivity index (χ0n) is 14.2. The van der Waals surface area contributed by atoms with Gasteiger partial charge in [0.1, 0.15) is 17.1 Å². The first-order chi connectivity index (χ1) is 13.0. The zero-order chi connectivity index (χ0) is 19.1. The van der Waals surface area contributed by atoms with Crippen molar-refractivity contribution in [3.05, 3.63) is 64.2 Å². The van der Waals surface area contributed by atoms with Crippen molar-refractivity contribution in [2.45, 2.75) is 13.5 Å². The minimum atomic E-state index is -0.759. The standard InChI is InChI=1S/C19H14FN3O3S/c1-2-23-13-6-4-3-5-11(13)16(24)15(18(23)26)17(25)22-19-21-12-8-7-10(20)9-14(12)27-19/h3-9,24H,2H2,1H3,(H,21,22,25). The fourth-order valence-electron chi connectivity index (χ4n) is 3.02. The Hall–Kier alpha value is -3.26. The number of aromatic hydroxyl groups is 1. The number of nitrogens with one attached hydrogen (secondary N) is 1. The molecular weight excluding hydrogens is 369 g/mol. The molecule has 0 spiro atoms. The summed E-state index contributed by atoms with van der Waals surface area (Å²) in [5.74, 6) is -1.53. The summed E-state index contributed by atoms with van der Waals surface area (Å²) >= 11 is 1.09. The number of fused-ring (bicyclic) bond motifs is 2. The van der Waals surface area contributed by atoms with Crippen molar-refractivity contribution < 1.29 is 14.3 Å². The van der Waals surface area contributed by atoms with Crippen LogP contribution < -0.4 is 10.9 Å². The van der Waals surface area contributed by atoms with Gasteiger partial charge in [-0.05, 0) is 37.3 Å². The fraction of sp³-hybridized carbons (Fsp3) is 0.105. The molecule has 2 aromatic heterocycles. The molecule has 1 amide bonds. The highest BCUT2D eigenvalue weighted by atomic mass is 32.1. The van der Waals surface area contributed by atoms with Gasteiger partial charge in [0.2, 0.25) is 0 Å². The summed E-state index contributed by atoms with van der Waals surface area (Å²) < 4.78 is 15.3. The Morgan fingerprint density at radius 3 is 2.85 bits per heavy atom. The predicted octanol–water partition coefficient (Wildman–Crippen LogP) is 3.73. The Morgan fingerprint density at radius 2 is 2.07 bits per heavy atom. The second-order valence-electron chi connectivity index (χ2n) is 5.88. The number of pyridine rings is 1. The quantitative estimate of drug-likeness (QED) is 0.565. The number of aryl methyl sites for hydroxylation is 1. The average Bonchev–Trinajstić information content (AvgIpc) is 3.03. The molecule has 2 N–H and O–H groups in total. The first-order valence-corrected chi connectivity index (χ1v) is 9.03. The number of thiazole rings is 1. The molecule has 2 heterocycles. The molecule has 6 nitrogen and oxygen atoms in total.